The highest BCUT2D eigenvalue weighted by molar-refractivity contribution is 6.29. The summed E-state index contributed by atoms with van der Waals surface area (Å²) in [6.07, 6.45) is 4.30. The summed E-state index contributed by atoms with van der Waals surface area (Å²) < 4.78 is 2.05. The van der Waals surface area contributed by atoms with E-state index in [0.717, 1.165) is 23.0 Å². The minimum atomic E-state index is 0.405. The van der Waals surface area contributed by atoms with Crippen molar-refractivity contribution in [3.05, 3.63) is 35.4 Å². The first-order chi connectivity index (χ1) is 7.77. The highest BCUT2D eigenvalue weighted by atomic mass is 35.5. The Morgan fingerprint density at radius 3 is 3.06 bits per heavy atom. The summed E-state index contributed by atoms with van der Waals surface area (Å²) in [7, 11) is 2.15. The second kappa shape index (κ2) is 3.75. The molecule has 0 aliphatic carbocycles. The fourth-order valence-corrected chi connectivity index (χ4v) is 2.76. The van der Waals surface area contributed by atoms with E-state index in [2.05, 4.69) is 16.9 Å². The Balaban J connectivity index is 2.16. The maximum atomic E-state index is 6.23. The van der Waals surface area contributed by atoms with Gasteiger partial charge in [-0.15, -0.1) is 0 Å². The standard InChI is InChI=1S/C12H14ClN3/c1-15-7-3-5-10(15)12-14-8-9-4-2-6-11(13)16(9)12/h2,4,6,8,10H,3,5,7H2,1H3. The molecule has 2 aromatic rings. The molecule has 0 spiro atoms. The topological polar surface area (TPSA) is 20.5 Å². The van der Waals surface area contributed by atoms with Crippen molar-refractivity contribution < 1.29 is 0 Å². The molecule has 1 saturated heterocycles. The third-order valence-corrected chi connectivity index (χ3v) is 3.64. The van der Waals surface area contributed by atoms with Crippen LogP contribution in [0.2, 0.25) is 5.15 Å². The van der Waals surface area contributed by atoms with Crippen LogP contribution in [0.5, 0.6) is 0 Å². The monoisotopic (exact) mass is 235 g/mol. The van der Waals surface area contributed by atoms with Gasteiger partial charge in [-0.3, -0.25) is 9.30 Å². The zero-order chi connectivity index (χ0) is 11.1. The molecule has 0 N–H and O–H groups in total. The van der Waals surface area contributed by atoms with Gasteiger partial charge >= 0.3 is 0 Å². The molecule has 2 aromatic heterocycles. The predicted molar refractivity (Wildman–Crippen MR) is 64.8 cm³/mol. The van der Waals surface area contributed by atoms with Crippen LogP contribution in [-0.2, 0) is 0 Å². The molecule has 84 valence electrons. The zero-order valence-corrected chi connectivity index (χ0v) is 9.98. The largest absolute Gasteiger partial charge is 0.297 e. The van der Waals surface area contributed by atoms with Gasteiger partial charge in [0.1, 0.15) is 11.0 Å². The van der Waals surface area contributed by atoms with Gasteiger partial charge in [0.25, 0.3) is 0 Å². The van der Waals surface area contributed by atoms with Crippen LogP contribution in [0.3, 0.4) is 0 Å². The molecule has 3 rings (SSSR count). The van der Waals surface area contributed by atoms with Crippen molar-refractivity contribution in [2.24, 2.45) is 0 Å². The molecule has 0 bridgehead atoms. The van der Waals surface area contributed by atoms with Crippen LogP contribution >= 0.6 is 11.6 Å². The van der Waals surface area contributed by atoms with Gasteiger partial charge in [-0.1, -0.05) is 17.7 Å². The molecule has 16 heavy (non-hydrogen) atoms. The van der Waals surface area contributed by atoms with Gasteiger partial charge in [-0.25, -0.2) is 4.98 Å². The summed E-state index contributed by atoms with van der Waals surface area (Å²) in [6.45, 7) is 1.14. The normalized spacial score (nSPS) is 22.0. The first-order valence-electron chi connectivity index (χ1n) is 5.59. The minimum absolute atomic E-state index is 0.405. The summed E-state index contributed by atoms with van der Waals surface area (Å²) in [6, 6.07) is 6.32. The Morgan fingerprint density at radius 2 is 2.31 bits per heavy atom. The first kappa shape index (κ1) is 10.1. The molecule has 0 saturated carbocycles. The maximum Gasteiger partial charge on any atom is 0.131 e. The maximum absolute atomic E-state index is 6.23. The van der Waals surface area contributed by atoms with Gasteiger partial charge in [0, 0.05) is 0 Å². The zero-order valence-electron chi connectivity index (χ0n) is 9.23. The molecular formula is C12H14ClN3. The number of likely N-dealkylation sites (tertiary alicyclic amines) is 1. The molecular weight excluding hydrogens is 222 g/mol. The van der Waals surface area contributed by atoms with Crippen LogP contribution in [0, 0.1) is 0 Å². The van der Waals surface area contributed by atoms with E-state index in [1.807, 2.05) is 28.8 Å². The van der Waals surface area contributed by atoms with Crippen LogP contribution in [0.25, 0.3) is 5.52 Å². The van der Waals surface area contributed by atoms with E-state index in [1.165, 1.54) is 12.8 Å². The van der Waals surface area contributed by atoms with Crippen LogP contribution in [-0.4, -0.2) is 27.9 Å². The van der Waals surface area contributed by atoms with Crippen molar-refractivity contribution >= 4 is 17.1 Å². The fraction of sp³-hybridized carbons (Fsp3) is 0.417. The number of aromatic nitrogens is 2. The fourth-order valence-electron chi connectivity index (χ4n) is 2.50. The van der Waals surface area contributed by atoms with Gasteiger partial charge < -0.3 is 0 Å². The average Bonchev–Trinajstić information content (AvgIpc) is 2.84. The van der Waals surface area contributed by atoms with Crippen LogP contribution in [0.4, 0.5) is 0 Å². The molecule has 0 radical (unpaired) electrons. The highest BCUT2D eigenvalue weighted by Gasteiger charge is 2.26. The van der Waals surface area contributed by atoms with E-state index < -0.39 is 0 Å². The van der Waals surface area contributed by atoms with Crippen molar-refractivity contribution in [3.63, 3.8) is 0 Å². The Hall–Kier alpha value is -1.06. The van der Waals surface area contributed by atoms with Crippen molar-refractivity contribution in [2.75, 3.05) is 13.6 Å². The second-order valence-electron chi connectivity index (χ2n) is 4.36. The Labute approximate surface area is 99.7 Å². The molecule has 1 aliphatic rings. The summed E-state index contributed by atoms with van der Waals surface area (Å²) in [4.78, 5) is 6.87. The SMILES string of the molecule is CN1CCCC1c1ncc2cccc(Cl)n12. The Kier molecular flexibility index (Phi) is 2.37. The predicted octanol–water partition coefficient (Wildman–Crippen LogP) is 2.75. The van der Waals surface area contributed by atoms with Gasteiger partial charge in [0.05, 0.1) is 17.8 Å². The minimum Gasteiger partial charge on any atom is -0.297 e. The van der Waals surface area contributed by atoms with Gasteiger partial charge in [-0.05, 0) is 38.6 Å². The van der Waals surface area contributed by atoms with Gasteiger partial charge in [0.2, 0.25) is 0 Å². The number of hydrogen-bond donors (Lipinski definition) is 0. The number of pyridine rings is 1. The summed E-state index contributed by atoms with van der Waals surface area (Å²) in [5, 5.41) is 0.741. The molecule has 3 heterocycles. The second-order valence-corrected chi connectivity index (χ2v) is 4.75. The molecule has 1 atom stereocenters. The summed E-state index contributed by atoms with van der Waals surface area (Å²) >= 11 is 6.23. The van der Waals surface area contributed by atoms with E-state index in [9.17, 15) is 0 Å². The van der Waals surface area contributed by atoms with Crippen molar-refractivity contribution in [2.45, 2.75) is 18.9 Å². The number of rotatable bonds is 1. The number of halogens is 1. The van der Waals surface area contributed by atoms with Crippen molar-refractivity contribution in [1.82, 2.24) is 14.3 Å². The molecule has 1 unspecified atom stereocenters. The van der Waals surface area contributed by atoms with Crippen LogP contribution < -0.4 is 0 Å². The van der Waals surface area contributed by atoms with Crippen LogP contribution in [0.15, 0.2) is 24.4 Å². The van der Waals surface area contributed by atoms with Gasteiger partial charge in [0.15, 0.2) is 0 Å². The third-order valence-electron chi connectivity index (χ3n) is 3.35. The lowest BCUT2D eigenvalue weighted by atomic mass is 10.2. The number of imidazole rings is 1. The molecule has 1 fully saturated rings. The van der Waals surface area contributed by atoms with E-state index in [4.69, 9.17) is 11.6 Å². The summed E-state index contributed by atoms with van der Waals surface area (Å²) in [5.74, 6) is 1.07. The quantitative estimate of drug-likeness (QED) is 0.709. The number of nitrogens with zero attached hydrogens (tertiary/aromatic N) is 3. The summed E-state index contributed by atoms with van der Waals surface area (Å²) in [5.41, 5.74) is 1.07. The number of fused-ring (bicyclic) bond motifs is 1. The lowest BCUT2D eigenvalue weighted by molar-refractivity contribution is 0.305. The highest BCUT2D eigenvalue weighted by Crippen LogP contribution is 2.31. The molecule has 4 heteroatoms. The van der Waals surface area contributed by atoms with E-state index in [1.54, 1.807) is 0 Å². The Morgan fingerprint density at radius 1 is 1.44 bits per heavy atom. The smallest absolute Gasteiger partial charge is 0.131 e. The third kappa shape index (κ3) is 1.43. The van der Waals surface area contributed by atoms with E-state index >= 15 is 0 Å². The van der Waals surface area contributed by atoms with E-state index in [-0.39, 0.29) is 0 Å². The molecule has 3 nitrogen and oxygen atoms in total. The first-order valence-corrected chi connectivity index (χ1v) is 5.97. The molecule has 0 aromatic carbocycles. The molecule has 0 amide bonds. The Bertz CT molecular complexity index is 520. The van der Waals surface area contributed by atoms with Crippen molar-refractivity contribution in [1.29, 1.82) is 0 Å². The van der Waals surface area contributed by atoms with Crippen LogP contribution in [0.1, 0.15) is 24.7 Å². The lowest BCUT2D eigenvalue weighted by Crippen LogP contribution is -2.19. The number of hydrogen-bond acceptors (Lipinski definition) is 2. The lowest BCUT2D eigenvalue weighted by Gasteiger charge is -2.18. The molecule has 1 aliphatic heterocycles. The van der Waals surface area contributed by atoms with Gasteiger partial charge in [-0.2, -0.15) is 0 Å². The van der Waals surface area contributed by atoms with Crippen molar-refractivity contribution in [3.8, 4) is 0 Å². The van der Waals surface area contributed by atoms with E-state index in [0.29, 0.717) is 6.04 Å². The average molecular weight is 236 g/mol.